The highest BCUT2D eigenvalue weighted by Gasteiger charge is 2.52. The zero-order chi connectivity index (χ0) is 14.3. The highest BCUT2D eigenvalue weighted by Crippen LogP contribution is 2.51. The van der Waals surface area contributed by atoms with E-state index in [0.29, 0.717) is 0 Å². The van der Waals surface area contributed by atoms with E-state index in [0.717, 1.165) is 26.2 Å². The summed E-state index contributed by atoms with van der Waals surface area (Å²) < 4.78 is 5.62. The maximum atomic E-state index is 5.83. The van der Waals surface area contributed by atoms with E-state index in [1.165, 1.54) is 22.3 Å². The third-order valence-corrected chi connectivity index (χ3v) is 4.92. The summed E-state index contributed by atoms with van der Waals surface area (Å²) >= 11 is 0. The van der Waals surface area contributed by atoms with Gasteiger partial charge in [-0.2, -0.15) is 0 Å². The molecule has 1 aromatic carbocycles. The number of ether oxygens (including phenoxy) is 1. The van der Waals surface area contributed by atoms with Crippen molar-refractivity contribution in [3.05, 3.63) is 34.4 Å². The van der Waals surface area contributed by atoms with Gasteiger partial charge in [-0.3, -0.25) is 0 Å². The average molecular weight is 261 g/mol. The third kappa shape index (κ3) is 2.21. The van der Waals surface area contributed by atoms with Crippen LogP contribution in [0.15, 0.2) is 12.1 Å². The van der Waals surface area contributed by atoms with Gasteiger partial charge in [0.2, 0.25) is 0 Å². The predicted molar refractivity (Wildman–Crippen MR) is 80.6 cm³/mol. The lowest BCUT2D eigenvalue weighted by atomic mass is 9.57. The van der Waals surface area contributed by atoms with Gasteiger partial charge in [0.05, 0.1) is 13.2 Å². The minimum Gasteiger partial charge on any atom is -0.379 e. The van der Waals surface area contributed by atoms with Gasteiger partial charge >= 0.3 is 0 Å². The van der Waals surface area contributed by atoms with Gasteiger partial charge < -0.3 is 10.5 Å². The molecular formula is C17H27NO. The molecular weight excluding hydrogens is 234 g/mol. The second-order valence-electron chi connectivity index (χ2n) is 6.77. The van der Waals surface area contributed by atoms with E-state index < -0.39 is 0 Å². The molecule has 0 atom stereocenters. The monoisotopic (exact) mass is 261 g/mol. The van der Waals surface area contributed by atoms with Crippen molar-refractivity contribution >= 4 is 0 Å². The minimum atomic E-state index is 0.133. The lowest BCUT2D eigenvalue weighted by Gasteiger charge is -2.54. The summed E-state index contributed by atoms with van der Waals surface area (Å²) in [6, 6.07) is 4.59. The summed E-state index contributed by atoms with van der Waals surface area (Å²) in [5.41, 5.74) is 11.7. The van der Waals surface area contributed by atoms with E-state index in [1.807, 2.05) is 0 Å². The first-order valence-electron chi connectivity index (χ1n) is 7.20. The second kappa shape index (κ2) is 4.92. The molecule has 0 amide bonds. The van der Waals surface area contributed by atoms with Crippen LogP contribution in [0.3, 0.4) is 0 Å². The van der Waals surface area contributed by atoms with Crippen molar-refractivity contribution in [1.82, 2.24) is 0 Å². The number of hydrogen-bond donors (Lipinski definition) is 1. The summed E-state index contributed by atoms with van der Waals surface area (Å²) in [6.45, 7) is 13.7. The summed E-state index contributed by atoms with van der Waals surface area (Å²) in [6.07, 6.45) is 1.03. The molecule has 106 valence electrons. The van der Waals surface area contributed by atoms with Gasteiger partial charge in [-0.05, 0) is 55.8 Å². The standard InChI is InChI=1S/C17H27NO/c1-12-8-13(2)15(14(3)9-12)17(10-19-11-17)16(4,5)6-7-18/h8-9H,6-7,10-11,18H2,1-5H3. The van der Waals surface area contributed by atoms with E-state index in [2.05, 4.69) is 46.8 Å². The quantitative estimate of drug-likeness (QED) is 0.903. The molecule has 0 saturated carbocycles. The van der Waals surface area contributed by atoms with Crippen molar-refractivity contribution in [1.29, 1.82) is 0 Å². The topological polar surface area (TPSA) is 35.2 Å². The van der Waals surface area contributed by atoms with Crippen LogP contribution >= 0.6 is 0 Å². The lowest BCUT2D eigenvalue weighted by molar-refractivity contribution is -0.121. The van der Waals surface area contributed by atoms with Crippen LogP contribution < -0.4 is 5.73 Å². The minimum absolute atomic E-state index is 0.133. The van der Waals surface area contributed by atoms with E-state index >= 15 is 0 Å². The van der Waals surface area contributed by atoms with Crippen LogP contribution in [-0.4, -0.2) is 19.8 Å². The van der Waals surface area contributed by atoms with Gasteiger partial charge in [-0.15, -0.1) is 0 Å². The molecule has 1 heterocycles. The van der Waals surface area contributed by atoms with E-state index in [-0.39, 0.29) is 10.8 Å². The van der Waals surface area contributed by atoms with Gasteiger partial charge in [0.25, 0.3) is 0 Å². The summed E-state index contributed by atoms with van der Waals surface area (Å²) in [5, 5.41) is 0. The van der Waals surface area contributed by atoms with Gasteiger partial charge in [0.1, 0.15) is 0 Å². The fourth-order valence-corrected chi connectivity index (χ4v) is 3.71. The summed E-state index contributed by atoms with van der Waals surface area (Å²) in [7, 11) is 0. The number of nitrogens with two attached hydrogens (primary N) is 1. The first-order chi connectivity index (χ1) is 8.84. The Labute approximate surface area is 117 Å². The molecule has 0 bridgehead atoms. The molecule has 2 rings (SSSR count). The largest absolute Gasteiger partial charge is 0.379 e. The Hall–Kier alpha value is -0.860. The van der Waals surface area contributed by atoms with Crippen LogP contribution in [0.4, 0.5) is 0 Å². The molecule has 19 heavy (non-hydrogen) atoms. The first-order valence-corrected chi connectivity index (χ1v) is 7.20. The Morgan fingerprint density at radius 2 is 1.68 bits per heavy atom. The highest BCUT2D eigenvalue weighted by molar-refractivity contribution is 5.45. The van der Waals surface area contributed by atoms with Crippen LogP contribution in [-0.2, 0) is 10.2 Å². The maximum absolute atomic E-state index is 5.83. The van der Waals surface area contributed by atoms with Gasteiger partial charge in [0, 0.05) is 5.41 Å². The van der Waals surface area contributed by atoms with Crippen LogP contribution in [0.1, 0.15) is 42.5 Å². The molecule has 2 N–H and O–H groups in total. The highest BCUT2D eigenvalue weighted by atomic mass is 16.5. The fraction of sp³-hybridized carbons (Fsp3) is 0.647. The van der Waals surface area contributed by atoms with E-state index in [4.69, 9.17) is 10.5 Å². The molecule has 0 aromatic heterocycles. The molecule has 0 unspecified atom stereocenters. The van der Waals surface area contributed by atoms with E-state index in [9.17, 15) is 0 Å². The van der Waals surface area contributed by atoms with Crippen molar-refractivity contribution < 1.29 is 4.74 Å². The van der Waals surface area contributed by atoms with Gasteiger partial charge in [0.15, 0.2) is 0 Å². The van der Waals surface area contributed by atoms with Crippen molar-refractivity contribution in [2.45, 2.75) is 46.5 Å². The Kier molecular flexibility index (Phi) is 3.76. The van der Waals surface area contributed by atoms with Gasteiger partial charge in [-0.1, -0.05) is 31.5 Å². The predicted octanol–water partition coefficient (Wildman–Crippen LogP) is 3.25. The van der Waals surface area contributed by atoms with Crippen molar-refractivity contribution in [2.24, 2.45) is 11.1 Å². The normalized spacial score (nSPS) is 18.2. The molecule has 0 aliphatic carbocycles. The Morgan fingerprint density at radius 1 is 1.16 bits per heavy atom. The van der Waals surface area contributed by atoms with E-state index in [1.54, 1.807) is 0 Å². The zero-order valence-electron chi connectivity index (χ0n) is 13.0. The molecule has 2 nitrogen and oxygen atoms in total. The third-order valence-electron chi connectivity index (χ3n) is 4.92. The first kappa shape index (κ1) is 14.5. The lowest BCUT2D eigenvalue weighted by Crippen LogP contribution is -2.58. The Balaban J connectivity index is 2.54. The molecule has 1 saturated heterocycles. The van der Waals surface area contributed by atoms with Crippen LogP contribution in [0.5, 0.6) is 0 Å². The van der Waals surface area contributed by atoms with Crippen molar-refractivity contribution in [3.8, 4) is 0 Å². The number of rotatable bonds is 4. The Bertz CT molecular complexity index is 449. The number of benzene rings is 1. The van der Waals surface area contributed by atoms with Crippen LogP contribution in [0.25, 0.3) is 0 Å². The molecule has 0 radical (unpaired) electrons. The van der Waals surface area contributed by atoms with Crippen LogP contribution in [0.2, 0.25) is 0 Å². The van der Waals surface area contributed by atoms with Crippen molar-refractivity contribution in [3.63, 3.8) is 0 Å². The van der Waals surface area contributed by atoms with Crippen LogP contribution in [0, 0.1) is 26.2 Å². The molecule has 0 spiro atoms. The van der Waals surface area contributed by atoms with Crippen molar-refractivity contribution in [2.75, 3.05) is 19.8 Å². The maximum Gasteiger partial charge on any atom is 0.0591 e. The number of hydrogen-bond acceptors (Lipinski definition) is 2. The fourth-order valence-electron chi connectivity index (χ4n) is 3.71. The molecule has 1 aromatic rings. The second-order valence-corrected chi connectivity index (χ2v) is 6.77. The zero-order valence-corrected chi connectivity index (χ0v) is 13.0. The molecule has 1 aliphatic rings. The number of aryl methyl sites for hydroxylation is 3. The average Bonchev–Trinajstić information content (AvgIpc) is 2.19. The smallest absolute Gasteiger partial charge is 0.0591 e. The molecule has 2 heteroatoms. The molecule has 1 aliphatic heterocycles. The Morgan fingerprint density at radius 3 is 2.05 bits per heavy atom. The molecule has 1 fully saturated rings. The van der Waals surface area contributed by atoms with Gasteiger partial charge in [-0.25, -0.2) is 0 Å². The summed E-state index contributed by atoms with van der Waals surface area (Å²) in [4.78, 5) is 0. The summed E-state index contributed by atoms with van der Waals surface area (Å²) in [5.74, 6) is 0. The SMILES string of the molecule is Cc1cc(C)c(C2(C(C)(C)CCN)COC2)c(C)c1.